The van der Waals surface area contributed by atoms with Crippen LogP contribution in [0.3, 0.4) is 0 Å². The van der Waals surface area contributed by atoms with Crippen molar-refractivity contribution in [1.29, 1.82) is 0 Å². The van der Waals surface area contributed by atoms with Crippen LogP contribution in [-0.4, -0.2) is 83.5 Å². The molecule has 2 heterocycles. The second-order valence-corrected chi connectivity index (χ2v) is 9.62. The molecule has 5 rings (SSSR count). The molecule has 10 nitrogen and oxygen atoms in total. The van der Waals surface area contributed by atoms with Crippen molar-refractivity contribution in [2.75, 3.05) is 24.2 Å². The number of aromatic nitrogens is 5. The number of benzene rings is 1. The number of aliphatic hydroxyl groups is 3. The maximum atomic E-state index is 14.7. The molecule has 0 spiro atoms. The van der Waals surface area contributed by atoms with Gasteiger partial charge in [0.05, 0.1) is 34.9 Å². The van der Waals surface area contributed by atoms with Crippen LogP contribution in [-0.2, 0) is 4.74 Å². The molecule has 0 bridgehead atoms. The normalized spacial score (nSPS) is 33.4. The third kappa shape index (κ3) is 4.92. The third-order valence-electron chi connectivity index (χ3n) is 6.05. The second kappa shape index (κ2) is 10.5. The lowest BCUT2D eigenvalue weighted by Crippen LogP contribution is -2.33. The van der Waals surface area contributed by atoms with Gasteiger partial charge in [0.15, 0.2) is 22.1 Å². The number of rotatable bonds is 10. The molecule has 12 heteroatoms. The van der Waals surface area contributed by atoms with E-state index in [0.717, 1.165) is 6.42 Å². The van der Waals surface area contributed by atoms with E-state index in [0.29, 0.717) is 5.75 Å². The Morgan fingerprint density at radius 3 is 2.97 bits per heavy atom. The summed E-state index contributed by atoms with van der Waals surface area (Å²) in [5.41, 5.74) is -0.345. The standard InChI is InChI=1S/C24H31FN6O4S/c1-3-8-36-24-27-22(26-16-10-14(16)13-5-4-12(2)15(25)9-13)19-23(28-24)31(30-29-19)17-11-18(35-7-6-32)21(34)20(17)33/h4-5,9,14,16-18,20-21,32-34H,3,6-8,10-11H2,1-2H3,(H,26,27,28)/t14-,16+,17+,18-,20-,21+/m0/s1/i4D,5D,6D2,7D2,9D,10D2. The van der Waals surface area contributed by atoms with Crippen molar-refractivity contribution in [3.05, 3.63) is 35.1 Å². The Labute approximate surface area is 224 Å². The summed E-state index contributed by atoms with van der Waals surface area (Å²) in [6, 6.07) is -3.74. The van der Waals surface area contributed by atoms with Crippen LogP contribution < -0.4 is 5.32 Å². The molecule has 2 aromatic heterocycles. The maximum Gasteiger partial charge on any atom is 0.191 e. The molecule has 2 aliphatic carbocycles. The molecule has 36 heavy (non-hydrogen) atoms. The van der Waals surface area contributed by atoms with E-state index in [1.54, 1.807) is 0 Å². The van der Waals surface area contributed by atoms with Gasteiger partial charge in [-0.3, -0.25) is 0 Å². The molecule has 194 valence electrons. The molecule has 0 amide bonds. The summed E-state index contributed by atoms with van der Waals surface area (Å²) in [6.45, 7) is -3.42. The summed E-state index contributed by atoms with van der Waals surface area (Å²) in [5.74, 6) is -1.56. The van der Waals surface area contributed by atoms with Gasteiger partial charge < -0.3 is 25.4 Å². The number of halogens is 1. The summed E-state index contributed by atoms with van der Waals surface area (Å²) in [4.78, 5) is 8.96. The number of nitrogens with one attached hydrogen (secondary N) is 1. The molecule has 6 atom stereocenters. The smallest absolute Gasteiger partial charge is 0.191 e. The van der Waals surface area contributed by atoms with Gasteiger partial charge in [-0.05, 0) is 36.9 Å². The van der Waals surface area contributed by atoms with Crippen molar-refractivity contribution in [2.24, 2.45) is 0 Å². The van der Waals surface area contributed by atoms with Crippen molar-refractivity contribution in [3.8, 4) is 0 Å². The maximum absolute atomic E-state index is 14.7. The first-order valence-electron chi connectivity index (χ1n) is 15.9. The van der Waals surface area contributed by atoms with Gasteiger partial charge in [-0.15, -0.1) is 5.10 Å². The SMILES string of the molecule is [2H]c1c([2H])c([C@H]2[C@H](Nc3nc(SCCC)nc4c3nnn4[C@@H]3C[C@H](OC([2H])([2H])C([2H])([2H])O)[C@@H](O)[C@H]3O)C2([2H])[2H])c([2H])c(F)c1C. The fraction of sp³-hybridized carbons (Fsp3) is 0.583. The topological polar surface area (TPSA) is 138 Å². The Hall–Kier alpha value is -2.38. The Morgan fingerprint density at radius 2 is 2.19 bits per heavy atom. The molecule has 2 saturated carbocycles. The first-order chi connectivity index (χ1) is 20.8. The van der Waals surface area contributed by atoms with Crippen molar-refractivity contribution in [3.63, 3.8) is 0 Å². The fourth-order valence-corrected chi connectivity index (χ4v) is 4.79. The molecule has 1 aromatic carbocycles. The van der Waals surface area contributed by atoms with Crippen LogP contribution in [0.1, 0.15) is 61.6 Å². The molecule has 0 radical (unpaired) electrons. The highest BCUT2D eigenvalue weighted by Gasteiger charge is 2.45. The van der Waals surface area contributed by atoms with Gasteiger partial charge in [-0.25, -0.2) is 19.0 Å². The zero-order valence-corrected chi connectivity index (χ0v) is 20.2. The van der Waals surface area contributed by atoms with E-state index in [4.69, 9.17) is 17.1 Å². The summed E-state index contributed by atoms with van der Waals surface area (Å²) in [7, 11) is 0. The largest absolute Gasteiger partial charge is 0.394 e. The molecule has 0 aliphatic heterocycles. The van der Waals surface area contributed by atoms with E-state index < -0.39 is 79.7 Å². The fourth-order valence-electron chi connectivity index (χ4n) is 4.10. The van der Waals surface area contributed by atoms with E-state index in [2.05, 4.69) is 25.6 Å². The molecule has 4 N–H and O–H groups in total. The average molecular weight is 528 g/mol. The Bertz CT molecular complexity index is 1600. The van der Waals surface area contributed by atoms with Crippen molar-refractivity contribution in [1.82, 2.24) is 25.0 Å². The third-order valence-corrected chi connectivity index (χ3v) is 7.11. The van der Waals surface area contributed by atoms with Crippen LogP contribution >= 0.6 is 11.8 Å². The molecule has 2 fully saturated rings. The highest BCUT2D eigenvalue weighted by Crippen LogP contribution is 2.44. The first kappa shape index (κ1) is 16.5. The van der Waals surface area contributed by atoms with E-state index in [1.165, 1.54) is 23.4 Å². The van der Waals surface area contributed by atoms with Crippen LogP contribution in [0.25, 0.3) is 11.2 Å². The summed E-state index contributed by atoms with van der Waals surface area (Å²) < 4.78 is 92.6. The Kier molecular flexibility index (Phi) is 4.82. The molecule has 3 aromatic rings. The average Bonchev–Trinajstić information content (AvgIpc) is 3.21. The van der Waals surface area contributed by atoms with Gasteiger partial charge in [-0.2, -0.15) is 0 Å². The highest BCUT2D eigenvalue weighted by molar-refractivity contribution is 7.99. The molecule has 0 unspecified atom stereocenters. The van der Waals surface area contributed by atoms with E-state index in [1.807, 2.05) is 6.92 Å². The molecular formula is C24H31FN6O4S. The Morgan fingerprint density at radius 1 is 1.36 bits per heavy atom. The van der Waals surface area contributed by atoms with Crippen LogP contribution in [0.4, 0.5) is 10.2 Å². The quantitative estimate of drug-likeness (QED) is 0.229. The van der Waals surface area contributed by atoms with E-state index in [-0.39, 0.29) is 39.7 Å². The van der Waals surface area contributed by atoms with Gasteiger partial charge in [0.1, 0.15) is 18.0 Å². The van der Waals surface area contributed by atoms with E-state index in [9.17, 15) is 19.7 Å². The predicted octanol–water partition coefficient (Wildman–Crippen LogP) is 2.18. The molecule has 2 aliphatic rings. The van der Waals surface area contributed by atoms with Crippen molar-refractivity contribution in [2.45, 2.75) is 74.5 Å². The predicted molar refractivity (Wildman–Crippen MR) is 133 cm³/mol. The minimum absolute atomic E-state index is 0.0172. The zero-order valence-electron chi connectivity index (χ0n) is 28.4. The van der Waals surface area contributed by atoms with Crippen LogP contribution in [0.5, 0.6) is 0 Å². The minimum Gasteiger partial charge on any atom is -0.394 e. The number of anilines is 1. The molecule has 0 saturated heterocycles. The summed E-state index contributed by atoms with van der Waals surface area (Å²) in [6.07, 6.45) is -6.35. The van der Waals surface area contributed by atoms with Crippen LogP contribution in [0, 0.1) is 12.7 Å². The first-order valence-corrected chi connectivity index (χ1v) is 12.4. The lowest BCUT2D eigenvalue weighted by molar-refractivity contribution is -0.0629. The summed E-state index contributed by atoms with van der Waals surface area (Å²) in [5, 5.41) is 42.3. The number of thioether (sulfide) groups is 1. The summed E-state index contributed by atoms with van der Waals surface area (Å²) >= 11 is 1.26. The second-order valence-electron chi connectivity index (χ2n) is 8.56. The Balaban J connectivity index is 1.51. The number of hydrogen-bond donors (Lipinski definition) is 4. The lowest BCUT2D eigenvalue weighted by atomic mass is 10.1. The molecular weight excluding hydrogens is 487 g/mol. The highest BCUT2D eigenvalue weighted by atomic mass is 32.2. The zero-order chi connectivity index (χ0) is 33.4. The number of ether oxygens (including phenoxy) is 1. The van der Waals surface area contributed by atoms with Gasteiger partial charge in [-0.1, -0.05) is 36.0 Å². The van der Waals surface area contributed by atoms with Gasteiger partial charge in [0.25, 0.3) is 0 Å². The van der Waals surface area contributed by atoms with Crippen molar-refractivity contribution >= 4 is 28.7 Å². The minimum atomic E-state index is -3.41. The van der Waals surface area contributed by atoms with E-state index >= 15 is 0 Å². The monoisotopic (exact) mass is 527 g/mol. The van der Waals surface area contributed by atoms with Gasteiger partial charge in [0, 0.05) is 26.9 Å². The number of aliphatic hydroxyl groups excluding tert-OH is 2. The van der Waals surface area contributed by atoms with Crippen molar-refractivity contribution < 1.29 is 36.8 Å². The number of hydrogen-bond acceptors (Lipinski definition) is 10. The van der Waals surface area contributed by atoms with Gasteiger partial charge in [0.2, 0.25) is 0 Å². The van der Waals surface area contributed by atoms with Gasteiger partial charge >= 0.3 is 0 Å². The number of fused-ring (bicyclic) bond motifs is 1. The van der Waals surface area contributed by atoms with Crippen LogP contribution in [0.15, 0.2) is 23.3 Å². The number of nitrogens with zero attached hydrogens (tertiary/aromatic N) is 5. The lowest BCUT2D eigenvalue weighted by Gasteiger charge is -2.17. The van der Waals surface area contributed by atoms with Crippen LogP contribution in [0.2, 0.25) is 0 Å².